The molecule has 0 radical (unpaired) electrons. The van der Waals surface area contributed by atoms with Crippen molar-refractivity contribution in [2.45, 2.75) is 12.2 Å². The Hall–Kier alpha value is -3.75. The zero-order chi connectivity index (χ0) is 20.9. The predicted octanol–water partition coefficient (Wildman–Crippen LogP) is 1.32. The number of carbonyl (C=O) groups excluding carboxylic acids is 3. The quantitative estimate of drug-likeness (QED) is 0.647. The fraction of sp³-hybridized carbons (Fsp3) is 0.286. The van der Waals surface area contributed by atoms with Crippen molar-refractivity contribution < 1.29 is 42.8 Å². The second-order valence-corrected chi connectivity index (χ2v) is 6.48. The summed E-state index contributed by atoms with van der Waals surface area (Å²) in [6, 6.07) is 13.8. The van der Waals surface area contributed by atoms with Crippen molar-refractivity contribution in [2.75, 3.05) is 26.4 Å². The van der Waals surface area contributed by atoms with E-state index >= 15 is 0 Å². The van der Waals surface area contributed by atoms with Crippen molar-refractivity contribution in [1.29, 1.82) is 0 Å². The first-order valence-corrected chi connectivity index (χ1v) is 9.22. The van der Waals surface area contributed by atoms with Gasteiger partial charge in [-0.3, -0.25) is 4.79 Å². The Morgan fingerprint density at radius 1 is 0.700 bits per heavy atom. The minimum Gasteiger partial charge on any atom is -0.485 e. The average Bonchev–Trinajstić information content (AvgIpc) is 2.80. The topological polar surface area (TPSA) is 107 Å². The van der Waals surface area contributed by atoms with Crippen LogP contribution in [-0.2, 0) is 23.9 Å². The van der Waals surface area contributed by atoms with Gasteiger partial charge in [-0.15, -0.1) is 0 Å². The Kier molecular flexibility index (Phi) is 5.69. The van der Waals surface area contributed by atoms with E-state index in [1.807, 2.05) is 0 Å². The number of rotatable bonds is 6. The fourth-order valence-corrected chi connectivity index (χ4v) is 2.80. The molecule has 4 rings (SSSR count). The molecule has 2 aliphatic heterocycles. The van der Waals surface area contributed by atoms with Crippen LogP contribution in [0, 0.1) is 0 Å². The molecule has 9 nitrogen and oxygen atoms in total. The molecule has 2 heterocycles. The van der Waals surface area contributed by atoms with Gasteiger partial charge in [0.1, 0.15) is 13.2 Å². The van der Waals surface area contributed by atoms with E-state index < -0.39 is 43.1 Å². The molecule has 0 saturated heterocycles. The Morgan fingerprint density at radius 3 is 1.53 bits per heavy atom. The summed E-state index contributed by atoms with van der Waals surface area (Å²) in [5.41, 5.74) is 0. The highest BCUT2D eigenvalue weighted by molar-refractivity contribution is 5.87. The van der Waals surface area contributed by atoms with E-state index in [0.29, 0.717) is 23.0 Å². The molecule has 156 valence electrons. The van der Waals surface area contributed by atoms with Crippen molar-refractivity contribution in [3.05, 3.63) is 48.5 Å². The van der Waals surface area contributed by atoms with Crippen LogP contribution in [0.4, 0.5) is 0 Å². The largest absolute Gasteiger partial charge is 0.485 e. The normalized spacial score (nSPS) is 18.8. The standard InChI is InChI=1S/C21H18O9/c22-13(9-27-20(23)18-11-25-14-5-1-3-7-16(14)29-18)10-28-21(24)19-12-26-15-6-2-4-8-17(15)30-19/h1-8,18-19H,9-12H2. The molecule has 0 aliphatic carbocycles. The smallest absolute Gasteiger partial charge is 0.351 e. The summed E-state index contributed by atoms with van der Waals surface area (Å²) in [4.78, 5) is 36.1. The zero-order valence-corrected chi connectivity index (χ0v) is 15.8. The van der Waals surface area contributed by atoms with Gasteiger partial charge in [-0.25, -0.2) is 9.59 Å². The van der Waals surface area contributed by atoms with E-state index in [4.69, 9.17) is 28.4 Å². The van der Waals surface area contributed by atoms with Gasteiger partial charge >= 0.3 is 11.9 Å². The van der Waals surface area contributed by atoms with Crippen molar-refractivity contribution in [2.24, 2.45) is 0 Å². The number of carbonyl (C=O) groups is 3. The van der Waals surface area contributed by atoms with Gasteiger partial charge in [0.2, 0.25) is 18.0 Å². The van der Waals surface area contributed by atoms with Gasteiger partial charge in [-0.2, -0.15) is 0 Å². The number of esters is 2. The Labute approximate surface area is 171 Å². The minimum absolute atomic E-state index is 0.0283. The summed E-state index contributed by atoms with van der Waals surface area (Å²) in [5, 5.41) is 0. The lowest BCUT2D eigenvalue weighted by atomic mass is 10.2. The van der Waals surface area contributed by atoms with Crippen LogP contribution in [-0.4, -0.2) is 56.4 Å². The molecule has 2 aliphatic rings. The molecule has 2 aromatic rings. The highest BCUT2D eigenvalue weighted by Crippen LogP contribution is 2.32. The molecule has 0 spiro atoms. The maximum atomic E-state index is 12.1. The fourth-order valence-electron chi connectivity index (χ4n) is 2.80. The summed E-state index contributed by atoms with van der Waals surface area (Å²) >= 11 is 0. The van der Waals surface area contributed by atoms with E-state index in [0.717, 1.165) is 0 Å². The number of ketones is 1. The molecule has 0 N–H and O–H groups in total. The third kappa shape index (κ3) is 4.45. The van der Waals surface area contributed by atoms with E-state index in [1.54, 1.807) is 48.5 Å². The van der Waals surface area contributed by atoms with Gasteiger partial charge in [-0.05, 0) is 24.3 Å². The number of para-hydroxylation sites is 4. The number of fused-ring (bicyclic) bond motifs is 2. The highest BCUT2D eigenvalue weighted by atomic mass is 16.6. The summed E-state index contributed by atoms with van der Waals surface area (Å²) in [6.45, 7) is -1.17. The zero-order valence-electron chi connectivity index (χ0n) is 15.8. The Balaban J connectivity index is 1.19. The molecule has 9 heteroatoms. The maximum absolute atomic E-state index is 12.1. The lowest BCUT2D eigenvalue weighted by molar-refractivity contribution is -0.161. The predicted molar refractivity (Wildman–Crippen MR) is 99.6 cm³/mol. The molecule has 0 fully saturated rings. The van der Waals surface area contributed by atoms with Gasteiger partial charge in [0.25, 0.3) is 0 Å². The number of benzene rings is 2. The molecule has 0 bridgehead atoms. The van der Waals surface area contributed by atoms with Crippen LogP contribution in [0.1, 0.15) is 0 Å². The van der Waals surface area contributed by atoms with Crippen LogP contribution in [0.2, 0.25) is 0 Å². The monoisotopic (exact) mass is 414 g/mol. The van der Waals surface area contributed by atoms with Crippen molar-refractivity contribution in [3.8, 4) is 23.0 Å². The van der Waals surface area contributed by atoms with E-state index in [2.05, 4.69) is 0 Å². The molecule has 30 heavy (non-hydrogen) atoms. The van der Waals surface area contributed by atoms with Gasteiger partial charge < -0.3 is 28.4 Å². The van der Waals surface area contributed by atoms with Crippen molar-refractivity contribution >= 4 is 17.7 Å². The first-order chi connectivity index (χ1) is 14.6. The van der Waals surface area contributed by atoms with Crippen LogP contribution < -0.4 is 18.9 Å². The van der Waals surface area contributed by atoms with Crippen LogP contribution in [0.25, 0.3) is 0 Å². The molecule has 0 saturated carbocycles. The first-order valence-electron chi connectivity index (χ1n) is 9.22. The number of ether oxygens (including phenoxy) is 6. The van der Waals surface area contributed by atoms with Gasteiger partial charge in [0.05, 0.1) is 0 Å². The molecule has 2 unspecified atom stereocenters. The molecule has 2 aromatic carbocycles. The van der Waals surface area contributed by atoms with Gasteiger partial charge in [0.15, 0.2) is 36.2 Å². The summed E-state index contributed by atoms with van der Waals surface area (Å²) in [7, 11) is 0. The third-order valence-electron chi connectivity index (χ3n) is 4.29. The second-order valence-electron chi connectivity index (χ2n) is 6.48. The summed E-state index contributed by atoms with van der Waals surface area (Å²) < 4.78 is 31.8. The lowest BCUT2D eigenvalue weighted by Gasteiger charge is -2.25. The average molecular weight is 414 g/mol. The number of hydrogen-bond acceptors (Lipinski definition) is 9. The highest BCUT2D eigenvalue weighted by Gasteiger charge is 2.31. The summed E-state index contributed by atoms with van der Waals surface area (Å²) in [6.07, 6.45) is -1.97. The SMILES string of the molecule is O=C(COC(=O)C1COc2ccccc2O1)COC(=O)C1COc2ccccc2O1. The Morgan fingerprint density at radius 2 is 1.10 bits per heavy atom. The number of hydrogen-bond donors (Lipinski definition) is 0. The molecule has 2 atom stereocenters. The second kappa shape index (κ2) is 8.73. The third-order valence-corrected chi connectivity index (χ3v) is 4.29. The summed E-state index contributed by atoms with van der Waals surface area (Å²) in [5.74, 6) is -0.188. The molecular weight excluding hydrogens is 396 g/mol. The van der Waals surface area contributed by atoms with E-state index in [-0.39, 0.29) is 13.2 Å². The first kappa shape index (κ1) is 19.6. The Bertz CT molecular complexity index is 879. The van der Waals surface area contributed by atoms with Crippen LogP contribution in [0.3, 0.4) is 0 Å². The minimum atomic E-state index is -0.983. The van der Waals surface area contributed by atoms with Gasteiger partial charge in [-0.1, -0.05) is 24.3 Å². The van der Waals surface area contributed by atoms with E-state index in [1.165, 1.54) is 0 Å². The number of Topliss-reactive ketones (excluding diaryl/α,β-unsaturated/α-hetero) is 1. The van der Waals surface area contributed by atoms with Crippen molar-refractivity contribution in [1.82, 2.24) is 0 Å². The van der Waals surface area contributed by atoms with Gasteiger partial charge in [0, 0.05) is 0 Å². The van der Waals surface area contributed by atoms with Crippen LogP contribution >= 0.6 is 0 Å². The molecule has 0 aromatic heterocycles. The maximum Gasteiger partial charge on any atom is 0.351 e. The van der Waals surface area contributed by atoms with Crippen molar-refractivity contribution in [3.63, 3.8) is 0 Å². The molecular formula is C21H18O9. The van der Waals surface area contributed by atoms with Crippen LogP contribution in [0.15, 0.2) is 48.5 Å². The van der Waals surface area contributed by atoms with E-state index in [9.17, 15) is 14.4 Å². The lowest BCUT2D eigenvalue weighted by Crippen LogP contribution is -2.40. The van der Waals surface area contributed by atoms with Crippen LogP contribution in [0.5, 0.6) is 23.0 Å². The molecule has 0 amide bonds.